The molecule has 1 unspecified atom stereocenters. The number of hydrogen-bond donors (Lipinski definition) is 1. The molecule has 1 fully saturated rings. The normalized spacial score (nSPS) is 18.6. The number of nitrogens with zero attached hydrogens (tertiary/aromatic N) is 4. The summed E-state index contributed by atoms with van der Waals surface area (Å²) < 4.78 is 2.79. The lowest BCUT2D eigenvalue weighted by Crippen LogP contribution is -2.22. The van der Waals surface area contributed by atoms with Gasteiger partial charge in [-0.25, -0.2) is 4.98 Å². The number of rotatable bonds is 4. The maximum Gasteiger partial charge on any atom is 0.308 e. The van der Waals surface area contributed by atoms with E-state index in [1.54, 1.807) is 17.5 Å². The highest BCUT2D eigenvalue weighted by molar-refractivity contribution is 9.10. The lowest BCUT2D eigenvalue weighted by molar-refractivity contribution is -0.140. The quantitative estimate of drug-likeness (QED) is 0.907. The van der Waals surface area contributed by atoms with Crippen LogP contribution in [-0.2, 0) is 11.3 Å². The summed E-state index contributed by atoms with van der Waals surface area (Å²) in [7, 11) is 0. The van der Waals surface area contributed by atoms with Gasteiger partial charge in [0.2, 0.25) is 0 Å². The monoisotopic (exact) mass is 356 g/mol. The number of halogens is 1. The predicted molar refractivity (Wildman–Crippen MR) is 79.1 cm³/mol. The van der Waals surface area contributed by atoms with Crippen molar-refractivity contribution in [2.24, 2.45) is 5.92 Å². The largest absolute Gasteiger partial charge is 0.481 e. The molecule has 1 aliphatic heterocycles. The molecule has 1 atom stereocenters. The van der Waals surface area contributed by atoms with Crippen LogP contribution in [-0.4, -0.2) is 38.9 Å². The molecule has 0 amide bonds. The Morgan fingerprint density at radius 1 is 1.55 bits per heavy atom. The van der Waals surface area contributed by atoms with Gasteiger partial charge < -0.3 is 10.0 Å². The Morgan fingerprint density at radius 2 is 2.40 bits per heavy atom. The van der Waals surface area contributed by atoms with Crippen LogP contribution in [0.15, 0.2) is 23.1 Å². The molecule has 0 saturated carbocycles. The first-order valence-electron chi connectivity index (χ1n) is 6.22. The van der Waals surface area contributed by atoms with Crippen molar-refractivity contribution in [2.45, 2.75) is 13.0 Å². The Hall–Kier alpha value is -1.41. The van der Waals surface area contributed by atoms with E-state index in [1.165, 1.54) is 0 Å². The van der Waals surface area contributed by atoms with E-state index in [2.05, 4.69) is 26.0 Å². The number of carbonyl (C=O) groups is 1. The lowest BCUT2D eigenvalue weighted by Gasteiger charge is -2.13. The van der Waals surface area contributed by atoms with E-state index in [-0.39, 0.29) is 5.92 Å². The average Bonchev–Trinajstić information content (AvgIpc) is 3.10. The van der Waals surface area contributed by atoms with Crippen LogP contribution in [0.4, 0.5) is 5.13 Å². The number of carboxylic acid groups (broad SMARTS) is 1. The molecule has 0 radical (unpaired) electrons. The summed E-state index contributed by atoms with van der Waals surface area (Å²) in [5.41, 5.74) is 0. The third-order valence-corrected chi connectivity index (χ3v) is 4.72. The third kappa shape index (κ3) is 2.85. The molecule has 6 nitrogen and oxygen atoms in total. The fraction of sp³-hybridized carbons (Fsp3) is 0.417. The van der Waals surface area contributed by atoms with Gasteiger partial charge in [0.15, 0.2) is 5.13 Å². The summed E-state index contributed by atoms with van der Waals surface area (Å²) in [6.07, 6.45) is 6.19. The van der Waals surface area contributed by atoms with Gasteiger partial charge >= 0.3 is 5.97 Å². The third-order valence-electron chi connectivity index (χ3n) is 3.27. The van der Waals surface area contributed by atoms with Gasteiger partial charge in [0.05, 0.1) is 23.1 Å². The van der Waals surface area contributed by atoms with Gasteiger partial charge in [0.1, 0.15) is 0 Å². The Balaban J connectivity index is 1.67. The van der Waals surface area contributed by atoms with Crippen molar-refractivity contribution in [3.05, 3.63) is 27.9 Å². The Morgan fingerprint density at radius 3 is 3.05 bits per heavy atom. The second-order valence-corrected chi connectivity index (χ2v) is 6.74. The molecule has 106 valence electrons. The van der Waals surface area contributed by atoms with Crippen LogP contribution >= 0.6 is 27.3 Å². The van der Waals surface area contributed by atoms with E-state index in [0.29, 0.717) is 19.5 Å². The molecule has 3 rings (SSSR count). The van der Waals surface area contributed by atoms with Crippen LogP contribution < -0.4 is 4.90 Å². The average molecular weight is 357 g/mol. The summed E-state index contributed by atoms with van der Waals surface area (Å²) in [6.45, 7) is 1.99. The molecule has 3 heterocycles. The Bertz CT molecular complexity index is 627. The van der Waals surface area contributed by atoms with E-state index >= 15 is 0 Å². The number of aromatic nitrogens is 3. The minimum atomic E-state index is -0.717. The number of anilines is 1. The zero-order chi connectivity index (χ0) is 14.1. The smallest absolute Gasteiger partial charge is 0.308 e. The van der Waals surface area contributed by atoms with E-state index in [1.807, 2.05) is 22.0 Å². The standard InChI is InChI=1S/C12H13BrN4O2S/c13-9-3-15-17(6-9)7-10-4-14-12(20-10)16-2-1-8(5-16)11(18)19/h3-4,6,8H,1-2,5,7H2,(H,18,19). The number of aliphatic carboxylic acids is 1. The van der Waals surface area contributed by atoms with Crippen LogP contribution in [0.2, 0.25) is 0 Å². The molecule has 0 bridgehead atoms. The van der Waals surface area contributed by atoms with Gasteiger partial charge in [-0.1, -0.05) is 11.3 Å². The van der Waals surface area contributed by atoms with Crippen LogP contribution in [0.3, 0.4) is 0 Å². The molecule has 2 aromatic heterocycles. The van der Waals surface area contributed by atoms with Crippen molar-refractivity contribution in [3.8, 4) is 0 Å². The van der Waals surface area contributed by atoms with Gasteiger partial charge in [0.25, 0.3) is 0 Å². The van der Waals surface area contributed by atoms with Gasteiger partial charge in [-0.05, 0) is 22.4 Å². The van der Waals surface area contributed by atoms with E-state index in [9.17, 15) is 4.79 Å². The highest BCUT2D eigenvalue weighted by atomic mass is 79.9. The molecule has 8 heteroatoms. The zero-order valence-electron chi connectivity index (χ0n) is 10.6. The minimum absolute atomic E-state index is 0.274. The van der Waals surface area contributed by atoms with Gasteiger partial charge in [-0.2, -0.15) is 5.10 Å². The lowest BCUT2D eigenvalue weighted by atomic mass is 10.1. The summed E-state index contributed by atoms with van der Waals surface area (Å²) in [4.78, 5) is 18.5. The van der Waals surface area contributed by atoms with Crippen molar-refractivity contribution in [1.29, 1.82) is 0 Å². The molecule has 1 aliphatic rings. The first-order chi connectivity index (χ1) is 9.61. The summed E-state index contributed by atoms with van der Waals surface area (Å²) in [5.74, 6) is -0.991. The van der Waals surface area contributed by atoms with E-state index in [0.717, 1.165) is 21.0 Å². The van der Waals surface area contributed by atoms with E-state index < -0.39 is 5.97 Å². The Labute approximate surface area is 128 Å². The van der Waals surface area contributed by atoms with Gasteiger partial charge in [0, 0.05) is 30.4 Å². The highest BCUT2D eigenvalue weighted by Gasteiger charge is 2.29. The molecular weight excluding hydrogens is 344 g/mol. The summed E-state index contributed by atoms with van der Waals surface area (Å²) >= 11 is 4.96. The number of hydrogen-bond acceptors (Lipinski definition) is 5. The first-order valence-corrected chi connectivity index (χ1v) is 7.83. The van der Waals surface area contributed by atoms with Crippen LogP contribution in [0.5, 0.6) is 0 Å². The van der Waals surface area contributed by atoms with Gasteiger partial charge in [-0.3, -0.25) is 9.48 Å². The molecule has 20 heavy (non-hydrogen) atoms. The highest BCUT2D eigenvalue weighted by Crippen LogP contribution is 2.28. The molecule has 2 aromatic rings. The van der Waals surface area contributed by atoms with Crippen molar-refractivity contribution in [3.63, 3.8) is 0 Å². The second kappa shape index (κ2) is 5.53. The number of thiazole rings is 1. The SMILES string of the molecule is O=C(O)C1CCN(c2ncc(Cn3cc(Br)cn3)s2)C1. The van der Waals surface area contributed by atoms with Crippen molar-refractivity contribution < 1.29 is 9.90 Å². The summed E-state index contributed by atoms with van der Waals surface area (Å²) in [5, 5.41) is 14.1. The molecule has 1 saturated heterocycles. The van der Waals surface area contributed by atoms with Crippen molar-refractivity contribution >= 4 is 38.4 Å². The molecule has 0 spiro atoms. The Kier molecular flexibility index (Phi) is 3.75. The molecule has 0 aromatic carbocycles. The maximum absolute atomic E-state index is 11.0. The fourth-order valence-electron chi connectivity index (χ4n) is 2.24. The molecule has 0 aliphatic carbocycles. The predicted octanol–water partition coefficient (Wildman–Crippen LogP) is 2.06. The molecular formula is C12H13BrN4O2S. The van der Waals surface area contributed by atoms with Crippen molar-refractivity contribution in [1.82, 2.24) is 14.8 Å². The van der Waals surface area contributed by atoms with E-state index in [4.69, 9.17) is 5.11 Å². The van der Waals surface area contributed by atoms with Crippen LogP contribution in [0.25, 0.3) is 0 Å². The number of carboxylic acids is 1. The van der Waals surface area contributed by atoms with Gasteiger partial charge in [-0.15, -0.1) is 0 Å². The topological polar surface area (TPSA) is 71.2 Å². The van der Waals surface area contributed by atoms with Crippen molar-refractivity contribution in [2.75, 3.05) is 18.0 Å². The first kappa shape index (κ1) is 13.6. The van der Waals surface area contributed by atoms with Crippen LogP contribution in [0.1, 0.15) is 11.3 Å². The fourth-order valence-corrected chi connectivity index (χ4v) is 3.50. The minimum Gasteiger partial charge on any atom is -0.481 e. The van der Waals surface area contributed by atoms with Crippen LogP contribution in [0, 0.1) is 5.92 Å². The second-order valence-electron chi connectivity index (χ2n) is 4.74. The maximum atomic E-state index is 11.0. The molecule has 1 N–H and O–H groups in total. The summed E-state index contributed by atoms with van der Waals surface area (Å²) in [6, 6.07) is 0. The zero-order valence-corrected chi connectivity index (χ0v) is 13.0.